The maximum Gasteiger partial charge on any atom is 0.410 e. The van der Waals surface area contributed by atoms with Gasteiger partial charge in [-0.1, -0.05) is 6.92 Å². The Morgan fingerprint density at radius 2 is 1.95 bits per heavy atom. The monoisotopic (exact) mass is 312 g/mol. The zero-order chi connectivity index (χ0) is 16.2. The van der Waals surface area contributed by atoms with Gasteiger partial charge in [-0.25, -0.2) is 4.79 Å². The Morgan fingerprint density at radius 1 is 1.27 bits per heavy atom. The predicted molar refractivity (Wildman–Crippen MR) is 86.9 cm³/mol. The van der Waals surface area contributed by atoms with E-state index < -0.39 is 5.60 Å². The maximum absolute atomic E-state index is 12.2. The van der Waals surface area contributed by atoms with Crippen LogP contribution in [0.1, 0.15) is 47.0 Å². The standard InChI is InChI=1S/C17H32N2O3/c1-5-18-15(13-7-10-21-11-8-13)14-6-9-19(12-14)16(20)22-17(2,3)4/h13-15,18H,5-12H2,1-4H3. The molecule has 2 saturated heterocycles. The van der Waals surface area contributed by atoms with Gasteiger partial charge in [0.2, 0.25) is 0 Å². The summed E-state index contributed by atoms with van der Waals surface area (Å²) in [6.45, 7) is 12.3. The van der Waals surface area contributed by atoms with E-state index in [0.29, 0.717) is 17.9 Å². The van der Waals surface area contributed by atoms with E-state index in [0.717, 1.165) is 52.1 Å². The highest BCUT2D eigenvalue weighted by Gasteiger charge is 2.37. The molecule has 2 aliphatic heterocycles. The van der Waals surface area contributed by atoms with Gasteiger partial charge in [-0.2, -0.15) is 0 Å². The average Bonchev–Trinajstić information content (AvgIpc) is 2.93. The molecule has 5 nitrogen and oxygen atoms in total. The molecule has 0 spiro atoms. The van der Waals surface area contributed by atoms with Crippen LogP contribution in [-0.2, 0) is 9.47 Å². The van der Waals surface area contributed by atoms with Crippen molar-refractivity contribution < 1.29 is 14.3 Å². The third-order valence-corrected chi connectivity index (χ3v) is 4.60. The van der Waals surface area contributed by atoms with Crippen molar-refractivity contribution in [3.8, 4) is 0 Å². The summed E-state index contributed by atoms with van der Waals surface area (Å²) in [6, 6.07) is 0.487. The third-order valence-electron chi connectivity index (χ3n) is 4.60. The van der Waals surface area contributed by atoms with E-state index in [-0.39, 0.29) is 6.09 Å². The van der Waals surface area contributed by atoms with Gasteiger partial charge in [0, 0.05) is 32.3 Å². The van der Waals surface area contributed by atoms with Crippen LogP contribution >= 0.6 is 0 Å². The molecule has 2 unspecified atom stereocenters. The summed E-state index contributed by atoms with van der Waals surface area (Å²) in [5.74, 6) is 1.19. The summed E-state index contributed by atoms with van der Waals surface area (Å²) in [5.41, 5.74) is -0.420. The van der Waals surface area contributed by atoms with Gasteiger partial charge < -0.3 is 19.7 Å². The Labute approximate surface area is 134 Å². The largest absolute Gasteiger partial charge is 0.444 e. The van der Waals surface area contributed by atoms with Crippen LogP contribution in [0.4, 0.5) is 4.79 Å². The summed E-state index contributed by atoms with van der Waals surface area (Å²) in [4.78, 5) is 14.1. The number of nitrogens with zero attached hydrogens (tertiary/aromatic N) is 1. The first kappa shape index (κ1) is 17.5. The van der Waals surface area contributed by atoms with Gasteiger partial charge in [0.05, 0.1) is 0 Å². The molecule has 0 radical (unpaired) electrons. The Kier molecular flexibility index (Phi) is 6.09. The predicted octanol–water partition coefficient (Wildman–Crippen LogP) is 2.65. The Morgan fingerprint density at radius 3 is 2.55 bits per heavy atom. The molecule has 0 bridgehead atoms. The van der Waals surface area contributed by atoms with Gasteiger partial charge in [-0.15, -0.1) is 0 Å². The summed E-state index contributed by atoms with van der Waals surface area (Å²) >= 11 is 0. The van der Waals surface area contributed by atoms with Crippen molar-refractivity contribution in [2.24, 2.45) is 11.8 Å². The Bertz CT molecular complexity index is 361. The molecule has 0 aromatic rings. The summed E-state index contributed by atoms with van der Waals surface area (Å²) < 4.78 is 11.0. The van der Waals surface area contributed by atoms with Crippen LogP contribution in [0.15, 0.2) is 0 Å². The quantitative estimate of drug-likeness (QED) is 0.867. The minimum atomic E-state index is -0.420. The smallest absolute Gasteiger partial charge is 0.410 e. The summed E-state index contributed by atoms with van der Waals surface area (Å²) in [7, 11) is 0. The van der Waals surface area contributed by atoms with Crippen LogP contribution in [0.25, 0.3) is 0 Å². The highest BCUT2D eigenvalue weighted by Crippen LogP contribution is 2.30. The van der Waals surface area contributed by atoms with Crippen molar-refractivity contribution in [2.75, 3.05) is 32.8 Å². The highest BCUT2D eigenvalue weighted by atomic mass is 16.6. The molecule has 1 N–H and O–H groups in total. The molecule has 2 aliphatic rings. The molecule has 2 atom stereocenters. The van der Waals surface area contributed by atoms with E-state index in [1.54, 1.807) is 0 Å². The number of hydrogen-bond donors (Lipinski definition) is 1. The molecule has 22 heavy (non-hydrogen) atoms. The van der Waals surface area contributed by atoms with E-state index in [9.17, 15) is 4.79 Å². The SMILES string of the molecule is CCNC(C1CCOCC1)C1CCN(C(=O)OC(C)(C)C)C1. The normalized spacial score (nSPS) is 25.3. The minimum Gasteiger partial charge on any atom is -0.444 e. The van der Waals surface area contributed by atoms with Gasteiger partial charge in [0.25, 0.3) is 0 Å². The number of hydrogen-bond acceptors (Lipinski definition) is 4. The molecule has 0 aromatic carbocycles. The van der Waals surface area contributed by atoms with Crippen molar-refractivity contribution in [1.82, 2.24) is 10.2 Å². The molecule has 2 rings (SSSR count). The van der Waals surface area contributed by atoms with Crippen molar-refractivity contribution >= 4 is 6.09 Å². The van der Waals surface area contributed by atoms with Crippen molar-refractivity contribution in [2.45, 2.75) is 58.6 Å². The molecule has 0 saturated carbocycles. The molecule has 128 valence electrons. The van der Waals surface area contributed by atoms with Gasteiger partial charge in [0.15, 0.2) is 0 Å². The molecule has 5 heteroatoms. The zero-order valence-electron chi connectivity index (χ0n) is 14.6. The van der Waals surface area contributed by atoms with E-state index in [1.165, 1.54) is 0 Å². The van der Waals surface area contributed by atoms with Crippen molar-refractivity contribution in [1.29, 1.82) is 0 Å². The molecule has 2 fully saturated rings. The molecule has 2 heterocycles. The van der Waals surface area contributed by atoms with Crippen LogP contribution in [-0.4, -0.2) is 55.5 Å². The number of ether oxygens (including phenoxy) is 2. The van der Waals surface area contributed by atoms with Gasteiger partial charge in [0.1, 0.15) is 5.60 Å². The Hall–Kier alpha value is -0.810. The van der Waals surface area contributed by atoms with Crippen LogP contribution < -0.4 is 5.32 Å². The first-order valence-electron chi connectivity index (χ1n) is 8.69. The topological polar surface area (TPSA) is 50.8 Å². The Balaban J connectivity index is 1.92. The van der Waals surface area contributed by atoms with Crippen molar-refractivity contribution in [3.05, 3.63) is 0 Å². The first-order valence-corrected chi connectivity index (χ1v) is 8.69. The third kappa shape index (κ3) is 4.85. The van der Waals surface area contributed by atoms with Crippen LogP contribution in [0, 0.1) is 11.8 Å². The van der Waals surface area contributed by atoms with E-state index in [1.807, 2.05) is 25.7 Å². The van der Waals surface area contributed by atoms with Crippen LogP contribution in [0.2, 0.25) is 0 Å². The number of likely N-dealkylation sites (tertiary alicyclic amines) is 1. The number of nitrogens with one attached hydrogen (secondary N) is 1. The van der Waals surface area contributed by atoms with Crippen molar-refractivity contribution in [3.63, 3.8) is 0 Å². The lowest BCUT2D eigenvalue weighted by Gasteiger charge is -2.35. The van der Waals surface area contributed by atoms with E-state index in [4.69, 9.17) is 9.47 Å². The minimum absolute atomic E-state index is 0.169. The fourth-order valence-electron chi connectivity index (χ4n) is 3.60. The summed E-state index contributed by atoms with van der Waals surface area (Å²) in [6.07, 6.45) is 3.15. The molecule has 0 aromatic heterocycles. The molecule has 0 aliphatic carbocycles. The second kappa shape index (κ2) is 7.64. The van der Waals surface area contributed by atoms with E-state index in [2.05, 4.69) is 12.2 Å². The number of amides is 1. The van der Waals surface area contributed by atoms with Gasteiger partial charge in [-0.05, 0) is 58.4 Å². The second-order valence-corrected chi connectivity index (χ2v) is 7.51. The first-order chi connectivity index (χ1) is 10.4. The molecular formula is C17H32N2O3. The maximum atomic E-state index is 12.2. The average molecular weight is 312 g/mol. The zero-order valence-corrected chi connectivity index (χ0v) is 14.6. The lowest BCUT2D eigenvalue weighted by Crippen LogP contribution is -2.45. The summed E-state index contributed by atoms with van der Waals surface area (Å²) in [5, 5.41) is 3.67. The van der Waals surface area contributed by atoms with Gasteiger partial charge in [-0.3, -0.25) is 0 Å². The fourth-order valence-corrected chi connectivity index (χ4v) is 3.60. The number of rotatable bonds is 4. The van der Waals surface area contributed by atoms with Gasteiger partial charge >= 0.3 is 6.09 Å². The number of carbonyl (C=O) groups excluding carboxylic acids is 1. The van der Waals surface area contributed by atoms with Crippen LogP contribution in [0.5, 0.6) is 0 Å². The second-order valence-electron chi connectivity index (χ2n) is 7.51. The lowest BCUT2D eigenvalue weighted by molar-refractivity contribution is 0.0263. The molecular weight excluding hydrogens is 280 g/mol. The lowest BCUT2D eigenvalue weighted by atomic mass is 9.83. The number of carbonyl (C=O) groups is 1. The fraction of sp³-hybridized carbons (Fsp3) is 0.941. The molecule has 1 amide bonds. The van der Waals surface area contributed by atoms with Crippen LogP contribution in [0.3, 0.4) is 0 Å². The highest BCUT2D eigenvalue weighted by molar-refractivity contribution is 5.68. The van der Waals surface area contributed by atoms with E-state index >= 15 is 0 Å².